The molecule has 6 nitrogen and oxygen atoms in total. The summed E-state index contributed by atoms with van der Waals surface area (Å²) in [5, 5.41) is 0. The number of ether oxygens (including phenoxy) is 3. The third-order valence-corrected chi connectivity index (χ3v) is 14.7. The summed E-state index contributed by atoms with van der Waals surface area (Å²) in [5.41, 5.74) is 0. The minimum absolute atomic E-state index is 0.0699. The molecular formula is C71H126O6. The van der Waals surface area contributed by atoms with E-state index in [4.69, 9.17) is 14.2 Å². The smallest absolute Gasteiger partial charge is 0.306 e. The predicted octanol–water partition coefficient (Wildman–Crippen LogP) is 22.9. The summed E-state index contributed by atoms with van der Waals surface area (Å²) < 4.78 is 16.9. The van der Waals surface area contributed by atoms with Gasteiger partial charge in [0.05, 0.1) is 0 Å². The molecule has 0 saturated carbocycles. The lowest BCUT2D eigenvalue weighted by Crippen LogP contribution is -2.30. The fraction of sp³-hybridized carbons (Fsp3) is 0.789. The molecule has 0 aliphatic heterocycles. The minimum atomic E-state index is -0.771. The number of rotatable bonds is 61. The van der Waals surface area contributed by atoms with Crippen LogP contribution in [0.15, 0.2) is 72.9 Å². The van der Waals surface area contributed by atoms with Crippen LogP contribution in [0.4, 0.5) is 0 Å². The Bertz CT molecular complexity index is 1420. The Morgan fingerprint density at radius 2 is 0.506 bits per heavy atom. The molecule has 0 N–H and O–H groups in total. The highest BCUT2D eigenvalue weighted by atomic mass is 16.6. The molecule has 0 aromatic rings. The van der Waals surface area contributed by atoms with Crippen LogP contribution in [-0.2, 0) is 28.6 Å². The predicted molar refractivity (Wildman–Crippen MR) is 335 cm³/mol. The van der Waals surface area contributed by atoms with Crippen molar-refractivity contribution in [1.29, 1.82) is 0 Å². The Kier molecular flexibility index (Phi) is 62.7. The zero-order chi connectivity index (χ0) is 55.7. The molecule has 6 heteroatoms. The van der Waals surface area contributed by atoms with E-state index in [1.165, 1.54) is 205 Å². The molecule has 0 fully saturated rings. The fourth-order valence-corrected chi connectivity index (χ4v) is 9.74. The molecule has 0 aliphatic carbocycles. The highest BCUT2D eigenvalue weighted by molar-refractivity contribution is 5.71. The Balaban J connectivity index is 4.13. The third kappa shape index (κ3) is 63.6. The van der Waals surface area contributed by atoms with Gasteiger partial charge in [-0.3, -0.25) is 14.4 Å². The van der Waals surface area contributed by atoms with Gasteiger partial charge in [-0.05, 0) is 70.6 Å². The molecule has 0 amide bonds. The summed E-state index contributed by atoms with van der Waals surface area (Å²) in [5.74, 6) is -0.855. The molecule has 77 heavy (non-hydrogen) atoms. The fourth-order valence-electron chi connectivity index (χ4n) is 9.74. The van der Waals surface area contributed by atoms with Gasteiger partial charge in [0.1, 0.15) is 13.2 Å². The van der Waals surface area contributed by atoms with Crippen LogP contribution in [0.1, 0.15) is 342 Å². The first-order chi connectivity index (χ1) is 38.0. The zero-order valence-corrected chi connectivity index (χ0v) is 51.2. The maximum atomic E-state index is 12.9. The molecule has 446 valence electrons. The first kappa shape index (κ1) is 73.8. The van der Waals surface area contributed by atoms with Crippen molar-refractivity contribution in [3.63, 3.8) is 0 Å². The van der Waals surface area contributed by atoms with Crippen molar-refractivity contribution in [2.45, 2.75) is 348 Å². The van der Waals surface area contributed by atoms with Gasteiger partial charge in [-0.2, -0.15) is 0 Å². The van der Waals surface area contributed by atoms with Gasteiger partial charge in [0.25, 0.3) is 0 Å². The maximum absolute atomic E-state index is 12.9. The summed E-state index contributed by atoms with van der Waals surface area (Å²) in [6.45, 7) is 6.55. The molecular weight excluding hydrogens is 949 g/mol. The summed E-state index contributed by atoms with van der Waals surface area (Å²) in [4.78, 5) is 38.2. The van der Waals surface area contributed by atoms with E-state index in [1.54, 1.807) is 0 Å². The normalized spacial score (nSPS) is 12.5. The van der Waals surface area contributed by atoms with E-state index < -0.39 is 6.10 Å². The molecule has 0 aromatic heterocycles. The van der Waals surface area contributed by atoms with Gasteiger partial charge in [0, 0.05) is 19.3 Å². The lowest BCUT2D eigenvalue weighted by atomic mass is 10.0. The van der Waals surface area contributed by atoms with Gasteiger partial charge >= 0.3 is 17.9 Å². The van der Waals surface area contributed by atoms with Gasteiger partial charge in [0.2, 0.25) is 0 Å². The van der Waals surface area contributed by atoms with Crippen LogP contribution >= 0.6 is 0 Å². The van der Waals surface area contributed by atoms with Crippen molar-refractivity contribution in [2.24, 2.45) is 0 Å². The quantitative estimate of drug-likeness (QED) is 0.0261. The van der Waals surface area contributed by atoms with Crippen LogP contribution in [0.5, 0.6) is 0 Å². The van der Waals surface area contributed by atoms with Crippen molar-refractivity contribution in [3.05, 3.63) is 72.9 Å². The van der Waals surface area contributed by atoms with Crippen molar-refractivity contribution in [2.75, 3.05) is 13.2 Å². The second-order valence-electron chi connectivity index (χ2n) is 22.4. The highest BCUT2D eigenvalue weighted by Gasteiger charge is 2.19. The van der Waals surface area contributed by atoms with Crippen molar-refractivity contribution >= 4 is 17.9 Å². The number of allylic oxidation sites excluding steroid dienone is 12. The zero-order valence-electron chi connectivity index (χ0n) is 51.2. The van der Waals surface area contributed by atoms with Crippen LogP contribution in [0.25, 0.3) is 0 Å². The van der Waals surface area contributed by atoms with Gasteiger partial charge in [-0.1, -0.05) is 325 Å². The minimum Gasteiger partial charge on any atom is -0.462 e. The Morgan fingerprint density at radius 3 is 0.792 bits per heavy atom. The molecule has 0 radical (unpaired) electrons. The molecule has 1 unspecified atom stereocenters. The standard InChI is InChI=1S/C71H126O6/c1-4-7-10-13-16-19-21-23-25-27-29-30-31-32-33-34-35-36-37-38-39-40-42-43-45-47-49-52-55-58-61-64-70(73)76-67-68(66-75-69(72)63-60-57-54-51-18-15-12-9-6-3)77-71(74)65-62-59-56-53-50-48-46-44-41-28-26-24-22-20-17-14-11-8-5-2/h7,10,16,19,23,25,29-30,32-33,35-36,68H,4-6,8-9,11-15,17-18,20-22,24,26-28,31,34,37-67H2,1-3H3/b10-7-,19-16-,25-23-,30-29-,33-32-,36-35-. The molecule has 0 rings (SSSR count). The van der Waals surface area contributed by atoms with E-state index in [-0.39, 0.29) is 31.1 Å². The first-order valence-electron chi connectivity index (χ1n) is 33.4. The largest absolute Gasteiger partial charge is 0.462 e. The van der Waals surface area contributed by atoms with Crippen LogP contribution in [0.3, 0.4) is 0 Å². The van der Waals surface area contributed by atoms with Crippen LogP contribution in [0, 0.1) is 0 Å². The van der Waals surface area contributed by atoms with E-state index in [0.29, 0.717) is 19.3 Å². The van der Waals surface area contributed by atoms with Crippen LogP contribution < -0.4 is 0 Å². The van der Waals surface area contributed by atoms with Gasteiger partial charge in [0.15, 0.2) is 6.10 Å². The van der Waals surface area contributed by atoms with Gasteiger partial charge in [-0.15, -0.1) is 0 Å². The molecule has 0 spiro atoms. The molecule has 0 bridgehead atoms. The SMILES string of the molecule is CC/C=C\C/C=C\C/C=C\C/C=C\C/C=C\C/C=C\CCCCCCCCCCCCCCC(=O)OCC(COC(=O)CCCCCCCCCCC)OC(=O)CCCCCCCCCCCCCCCCCCCCC. The van der Waals surface area contributed by atoms with E-state index in [1.807, 2.05) is 0 Å². The topological polar surface area (TPSA) is 78.9 Å². The lowest BCUT2D eigenvalue weighted by molar-refractivity contribution is -0.167. The number of unbranched alkanes of at least 4 members (excludes halogenated alkanes) is 38. The summed E-state index contributed by atoms with van der Waals surface area (Å²) in [6.07, 6.45) is 85.0. The number of hydrogen-bond acceptors (Lipinski definition) is 6. The molecule has 0 aromatic carbocycles. The van der Waals surface area contributed by atoms with E-state index >= 15 is 0 Å². The van der Waals surface area contributed by atoms with Gasteiger partial charge in [-0.25, -0.2) is 0 Å². The molecule has 0 aliphatic rings. The van der Waals surface area contributed by atoms with Crippen LogP contribution in [0.2, 0.25) is 0 Å². The summed E-state index contributed by atoms with van der Waals surface area (Å²) >= 11 is 0. The number of hydrogen-bond donors (Lipinski definition) is 0. The summed E-state index contributed by atoms with van der Waals surface area (Å²) in [6, 6.07) is 0. The van der Waals surface area contributed by atoms with Gasteiger partial charge < -0.3 is 14.2 Å². The Labute approximate surface area is 478 Å². The lowest BCUT2D eigenvalue weighted by Gasteiger charge is -2.18. The Morgan fingerprint density at radius 1 is 0.273 bits per heavy atom. The van der Waals surface area contributed by atoms with E-state index in [0.717, 1.165) is 96.3 Å². The first-order valence-corrected chi connectivity index (χ1v) is 33.4. The highest BCUT2D eigenvalue weighted by Crippen LogP contribution is 2.18. The second kappa shape index (κ2) is 65.4. The monoisotopic (exact) mass is 1070 g/mol. The van der Waals surface area contributed by atoms with E-state index in [2.05, 4.69) is 93.7 Å². The average Bonchev–Trinajstić information content (AvgIpc) is 3.43. The number of esters is 3. The molecule has 0 heterocycles. The Hall–Kier alpha value is -3.15. The molecule has 1 atom stereocenters. The second-order valence-corrected chi connectivity index (χ2v) is 22.4. The van der Waals surface area contributed by atoms with Crippen LogP contribution in [-0.4, -0.2) is 37.2 Å². The van der Waals surface area contributed by atoms with Crippen molar-refractivity contribution in [1.82, 2.24) is 0 Å². The van der Waals surface area contributed by atoms with Crippen molar-refractivity contribution in [3.8, 4) is 0 Å². The number of carbonyl (C=O) groups excluding carboxylic acids is 3. The number of carbonyl (C=O) groups is 3. The van der Waals surface area contributed by atoms with E-state index in [9.17, 15) is 14.4 Å². The van der Waals surface area contributed by atoms with Crippen molar-refractivity contribution < 1.29 is 28.6 Å². The third-order valence-electron chi connectivity index (χ3n) is 14.7. The summed E-state index contributed by atoms with van der Waals surface area (Å²) in [7, 11) is 0. The molecule has 0 saturated heterocycles. The average molecular weight is 1080 g/mol. The maximum Gasteiger partial charge on any atom is 0.306 e.